The first-order valence-corrected chi connectivity index (χ1v) is 11.6. The largest absolute Gasteiger partial charge is 0.497 e. The van der Waals surface area contributed by atoms with Gasteiger partial charge in [0, 0.05) is 18.4 Å². The summed E-state index contributed by atoms with van der Waals surface area (Å²) in [5.41, 5.74) is 6.27. The van der Waals surface area contributed by atoms with Gasteiger partial charge in [-0.15, -0.1) is 0 Å². The third-order valence-electron chi connectivity index (χ3n) is 5.92. The van der Waals surface area contributed by atoms with Crippen LogP contribution in [0.4, 0.5) is 5.82 Å². The molecule has 174 valence electrons. The van der Waals surface area contributed by atoms with E-state index in [1.54, 1.807) is 7.11 Å². The molecule has 0 saturated heterocycles. The second kappa shape index (κ2) is 9.65. The molecule has 34 heavy (non-hydrogen) atoms. The maximum Gasteiger partial charge on any atom is 0.137 e. The zero-order chi connectivity index (χ0) is 23.5. The van der Waals surface area contributed by atoms with Crippen LogP contribution in [-0.2, 0) is 11.3 Å². The molecule has 0 saturated carbocycles. The molecule has 1 N–H and O–H groups in total. The van der Waals surface area contributed by atoms with Crippen LogP contribution in [0.3, 0.4) is 0 Å². The SMILES string of the molecule is COc1ccc(Cn2nc(-c3cc(C4=CCOCC4)ccn3)c3c(NC(C)C)nccc32)cc1. The van der Waals surface area contributed by atoms with Gasteiger partial charge in [0.25, 0.3) is 0 Å². The van der Waals surface area contributed by atoms with Crippen molar-refractivity contribution in [2.45, 2.75) is 32.9 Å². The number of fused-ring (bicyclic) bond motifs is 1. The summed E-state index contributed by atoms with van der Waals surface area (Å²) in [6, 6.07) is 14.5. The van der Waals surface area contributed by atoms with E-state index < -0.39 is 0 Å². The summed E-state index contributed by atoms with van der Waals surface area (Å²) in [4.78, 5) is 9.36. The van der Waals surface area contributed by atoms with Crippen molar-refractivity contribution in [1.29, 1.82) is 0 Å². The van der Waals surface area contributed by atoms with Crippen molar-refractivity contribution in [3.8, 4) is 17.1 Å². The number of benzene rings is 1. The van der Waals surface area contributed by atoms with Gasteiger partial charge in [-0.25, -0.2) is 4.98 Å². The van der Waals surface area contributed by atoms with Crippen molar-refractivity contribution in [1.82, 2.24) is 19.7 Å². The Morgan fingerprint density at radius 2 is 1.91 bits per heavy atom. The lowest BCUT2D eigenvalue weighted by Gasteiger charge is -2.14. The first kappa shape index (κ1) is 22.1. The minimum atomic E-state index is 0.238. The quantitative estimate of drug-likeness (QED) is 0.414. The molecule has 0 bridgehead atoms. The van der Waals surface area contributed by atoms with Crippen LogP contribution in [0.2, 0.25) is 0 Å². The molecule has 3 aromatic heterocycles. The summed E-state index contributed by atoms with van der Waals surface area (Å²) >= 11 is 0. The number of hydrogen-bond donors (Lipinski definition) is 1. The highest BCUT2D eigenvalue weighted by Gasteiger charge is 2.19. The van der Waals surface area contributed by atoms with E-state index in [4.69, 9.17) is 19.6 Å². The number of nitrogens with zero attached hydrogens (tertiary/aromatic N) is 4. The standard InChI is InChI=1S/C27H29N5O2/c1-18(2)30-27-25-24(9-13-29-27)32(17-19-4-6-22(33-3)7-5-19)31-26(25)23-16-21(8-12-28-23)20-10-14-34-15-11-20/h4-10,12-13,16,18H,11,14-15,17H2,1-3H3,(H,29,30). The molecule has 0 aliphatic carbocycles. The Kier molecular flexibility index (Phi) is 6.27. The second-order valence-corrected chi connectivity index (χ2v) is 8.69. The highest BCUT2D eigenvalue weighted by molar-refractivity contribution is 6.00. The number of hydrogen-bond acceptors (Lipinski definition) is 6. The first-order chi connectivity index (χ1) is 16.6. The van der Waals surface area contributed by atoms with Gasteiger partial charge in [-0.1, -0.05) is 18.2 Å². The summed E-state index contributed by atoms with van der Waals surface area (Å²) in [6.45, 7) is 6.25. The maximum atomic E-state index is 5.49. The van der Waals surface area contributed by atoms with E-state index in [1.807, 2.05) is 35.3 Å². The summed E-state index contributed by atoms with van der Waals surface area (Å²) in [5.74, 6) is 1.66. The molecule has 1 aromatic carbocycles. The van der Waals surface area contributed by atoms with Crippen LogP contribution in [0, 0.1) is 0 Å². The zero-order valence-corrected chi connectivity index (χ0v) is 19.8. The van der Waals surface area contributed by atoms with Gasteiger partial charge in [-0.05, 0) is 67.3 Å². The molecule has 0 unspecified atom stereocenters. The Hall–Kier alpha value is -3.71. The molecular weight excluding hydrogens is 426 g/mol. The number of aromatic nitrogens is 4. The number of nitrogens with one attached hydrogen (secondary N) is 1. The number of methoxy groups -OCH3 is 1. The van der Waals surface area contributed by atoms with Gasteiger partial charge in [0.15, 0.2) is 0 Å². The maximum absolute atomic E-state index is 5.49. The molecule has 0 radical (unpaired) electrons. The second-order valence-electron chi connectivity index (χ2n) is 8.69. The number of pyridine rings is 2. The molecule has 7 heteroatoms. The Bertz CT molecular complexity index is 1320. The predicted molar refractivity (Wildman–Crippen MR) is 135 cm³/mol. The molecule has 0 fully saturated rings. The van der Waals surface area contributed by atoms with Crippen LogP contribution >= 0.6 is 0 Å². The minimum Gasteiger partial charge on any atom is -0.497 e. The van der Waals surface area contributed by atoms with Crippen molar-refractivity contribution in [2.75, 3.05) is 25.6 Å². The third-order valence-corrected chi connectivity index (χ3v) is 5.92. The molecule has 4 heterocycles. The molecule has 5 rings (SSSR count). The monoisotopic (exact) mass is 455 g/mol. The van der Waals surface area contributed by atoms with Crippen LogP contribution in [0.25, 0.3) is 27.9 Å². The summed E-state index contributed by atoms with van der Waals surface area (Å²) in [7, 11) is 1.68. The first-order valence-electron chi connectivity index (χ1n) is 11.6. The lowest BCUT2D eigenvalue weighted by atomic mass is 10.0. The fourth-order valence-electron chi connectivity index (χ4n) is 4.26. The molecule has 0 spiro atoms. The fourth-order valence-corrected chi connectivity index (χ4v) is 4.26. The molecule has 0 atom stereocenters. The summed E-state index contributed by atoms with van der Waals surface area (Å²) in [5, 5.41) is 9.52. The average Bonchev–Trinajstić information content (AvgIpc) is 3.24. The van der Waals surface area contributed by atoms with Crippen LogP contribution in [0.15, 0.2) is 60.9 Å². The highest BCUT2D eigenvalue weighted by Crippen LogP contribution is 2.34. The van der Waals surface area contributed by atoms with Crippen molar-refractivity contribution in [3.05, 3.63) is 72.1 Å². The minimum absolute atomic E-state index is 0.238. The molecule has 4 aromatic rings. The average molecular weight is 456 g/mol. The van der Waals surface area contributed by atoms with Crippen LogP contribution in [0.5, 0.6) is 5.75 Å². The molecule has 1 aliphatic heterocycles. The zero-order valence-electron chi connectivity index (χ0n) is 19.8. The van der Waals surface area contributed by atoms with E-state index in [0.717, 1.165) is 58.0 Å². The Morgan fingerprint density at radius 1 is 1.09 bits per heavy atom. The topological polar surface area (TPSA) is 74.1 Å². The van der Waals surface area contributed by atoms with Gasteiger partial charge in [0.2, 0.25) is 0 Å². The van der Waals surface area contributed by atoms with E-state index in [0.29, 0.717) is 13.2 Å². The van der Waals surface area contributed by atoms with E-state index >= 15 is 0 Å². The van der Waals surface area contributed by atoms with Gasteiger partial charge in [0.1, 0.15) is 17.3 Å². The predicted octanol–water partition coefficient (Wildman–Crippen LogP) is 5.17. The Morgan fingerprint density at radius 3 is 2.65 bits per heavy atom. The number of rotatable bonds is 7. The normalized spacial score (nSPS) is 13.8. The Balaban J connectivity index is 1.62. The summed E-state index contributed by atoms with van der Waals surface area (Å²) in [6.07, 6.45) is 6.75. The lowest BCUT2D eigenvalue weighted by molar-refractivity contribution is 0.161. The van der Waals surface area contributed by atoms with Crippen molar-refractivity contribution in [3.63, 3.8) is 0 Å². The smallest absolute Gasteiger partial charge is 0.137 e. The molecule has 7 nitrogen and oxygen atoms in total. The van der Waals surface area contributed by atoms with Gasteiger partial charge in [-0.3, -0.25) is 9.67 Å². The van der Waals surface area contributed by atoms with E-state index in [9.17, 15) is 0 Å². The van der Waals surface area contributed by atoms with Crippen molar-refractivity contribution >= 4 is 22.3 Å². The highest BCUT2D eigenvalue weighted by atomic mass is 16.5. The van der Waals surface area contributed by atoms with Crippen molar-refractivity contribution in [2.24, 2.45) is 0 Å². The van der Waals surface area contributed by atoms with Gasteiger partial charge < -0.3 is 14.8 Å². The molecular formula is C27H29N5O2. The van der Waals surface area contributed by atoms with Gasteiger partial charge >= 0.3 is 0 Å². The van der Waals surface area contributed by atoms with Crippen molar-refractivity contribution < 1.29 is 9.47 Å². The lowest BCUT2D eigenvalue weighted by Crippen LogP contribution is -2.11. The van der Waals surface area contributed by atoms with E-state index in [1.165, 1.54) is 5.57 Å². The Labute approximate surface area is 199 Å². The molecule has 1 aliphatic rings. The van der Waals surface area contributed by atoms with Gasteiger partial charge in [-0.2, -0.15) is 5.10 Å². The number of ether oxygens (including phenoxy) is 2. The van der Waals surface area contributed by atoms with E-state index in [-0.39, 0.29) is 6.04 Å². The summed E-state index contributed by atoms with van der Waals surface area (Å²) < 4.78 is 12.8. The fraction of sp³-hybridized carbons (Fsp3) is 0.296. The van der Waals surface area contributed by atoms with Crippen LogP contribution in [0.1, 0.15) is 31.4 Å². The molecule has 0 amide bonds. The van der Waals surface area contributed by atoms with Crippen LogP contribution < -0.4 is 10.1 Å². The third kappa shape index (κ3) is 4.52. The van der Waals surface area contributed by atoms with E-state index in [2.05, 4.69) is 54.5 Å². The van der Waals surface area contributed by atoms with Gasteiger partial charge in [0.05, 0.1) is 43.5 Å². The van der Waals surface area contributed by atoms with Crippen LogP contribution in [-0.4, -0.2) is 46.1 Å². The number of anilines is 1.